The lowest BCUT2D eigenvalue weighted by molar-refractivity contribution is 0.0692. The molecule has 0 saturated carbocycles. The highest BCUT2D eigenvalue weighted by molar-refractivity contribution is 9.10. The van der Waals surface area contributed by atoms with E-state index >= 15 is 0 Å². The monoisotopic (exact) mass is 497 g/mol. The third-order valence-electron chi connectivity index (χ3n) is 4.96. The first-order chi connectivity index (χ1) is 14.8. The van der Waals surface area contributed by atoms with E-state index in [4.69, 9.17) is 17.0 Å². The molecule has 3 aromatic rings. The molecule has 3 aromatic carbocycles. The first-order valence-electron chi connectivity index (χ1n) is 9.16. The number of nitrogens with zero attached hydrogens (tertiary/aromatic N) is 1. The number of hydrogen-bond donors (Lipinski definition) is 2. The molecule has 0 bridgehead atoms. The third kappa shape index (κ3) is 3.66. The number of anilines is 1. The van der Waals surface area contributed by atoms with Crippen molar-refractivity contribution in [1.29, 1.82) is 0 Å². The van der Waals surface area contributed by atoms with E-state index in [1.807, 2.05) is 24.3 Å². The maximum atomic E-state index is 12.9. The molecule has 0 unspecified atom stereocenters. The zero-order valence-corrected chi connectivity index (χ0v) is 18.9. The van der Waals surface area contributed by atoms with E-state index in [9.17, 15) is 14.4 Å². The van der Waals surface area contributed by atoms with Gasteiger partial charge in [0.2, 0.25) is 0 Å². The summed E-state index contributed by atoms with van der Waals surface area (Å²) in [6, 6.07) is 14.0. The van der Waals surface area contributed by atoms with Crippen molar-refractivity contribution < 1.29 is 19.1 Å². The molecular formula is C22H16BrN3O4S. The quantitative estimate of drug-likeness (QED) is 0.420. The average Bonchev–Trinajstić information content (AvgIpc) is 2.97. The molecule has 7 nitrogen and oxygen atoms in total. The topological polar surface area (TPSA) is 87.7 Å². The Labute approximate surface area is 191 Å². The van der Waals surface area contributed by atoms with Crippen molar-refractivity contribution in [1.82, 2.24) is 10.2 Å². The van der Waals surface area contributed by atoms with Gasteiger partial charge in [0, 0.05) is 12.7 Å². The van der Waals surface area contributed by atoms with Crippen molar-refractivity contribution in [3.05, 3.63) is 69.7 Å². The second-order valence-electron chi connectivity index (χ2n) is 6.83. The van der Waals surface area contributed by atoms with Crippen LogP contribution in [-0.4, -0.2) is 41.9 Å². The summed E-state index contributed by atoms with van der Waals surface area (Å²) in [7, 11) is 2.92. The predicted octanol–water partition coefficient (Wildman–Crippen LogP) is 3.96. The highest BCUT2D eigenvalue weighted by Crippen LogP contribution is 2.36. The number of benzene rings is 3. The second kappa shape index (κ2) is 8.09. The van der Waals surface area contributed by atoms with Crippen molar-refractivity contribution >= 4 is 67.4 Å². The lowest BCUT2D eigenvalue weighted by Crippen LogP contribution is -2.34. The molecule has 1 aliphatic heterocycles. The summed E-state index contributed by atoms with van der Waals surface area (Å²) in [4.78, 5) is 38.1. The maximum absolute atomic E-state index is 12.9. The van der Waals surface area contributed by atoms with Gasteiger partial charge in [-0.25, -0.2) is 0 Å². The Balaban J connectivity index is 1.56. The number of thiocarbonyl (C=S) groups is 1. The van der Waals surface area contributed by atoms with Crippen LogP contribution >= 0.6 is 28.1 Å². The standard InChI is InChI=1S/C22H16BrN3O4S/c1-26-20(28)14-8-7-12(10-15(14)21(26)29)24-22(31)25-19(27)16-9-11-5-3-4-6-13(11)17(23)18(16)30-2/h3-10H,1-2H3,(H2,24,25,27,31). The third-order valence-corrected chi connectivity index (χ3v) is 5.96. The molecule has 4 rings (SSSR count). The Morgan fingerprint density at radius 1 is 1.06 bits per heavy atom. The highest BCUT2D eigenvalue weighted by Gasteiger charge is 2.32. The number of methoxy groups -OCH3 is 1. The summed E-state index contributed by atoms with van der Waals surface area (Å²) in [6.07, 6.45) is 0. The van der Waals surface area contributed by atoms with Gasteiger partial charge in [-0.1, -0.05) is 24.3 Å². The summed E-state index contributed by atoms with van der Waals surface area (Å²) in [5, 5.41) is 7.33. The number of carbonyl (C=O) groups is 3. The molecule has 0 atom stereocenters. The van der Waals surface area contributed by atoms with Gasteiger partial charge in [-0.05, 0) is 63.2 Å². The molecule has 0 saturated heterocycles. The van der Waals surface area contributed by atoms with Crippen LogP contribution in [0.4, 0.5) is 5.69 Å². The number of halogens is 1. The van der Waals surface area contributed by atoms with Gasteiger partial charge in [0.05, 0.1) is 28.3 Å². The van der Waals surface area contributed by atoms with E-state index in [-0.39, 0.29) is 22.5 Å². The number of nitrogens with one attached hydrogen (secondary N) is 2. The molecule has 1 aliphatic rings. The fourth-order valence-corrected chi connectivity index (χ4v) is 4.37. The van der Waals surface area contributed by atoms with Crippen molar-refractivity contribution in [3.8, 4) is 5.75 Å². The first kappa shape index (κ1) is 21.0. The van der Waals surface area contributed by atoms with Gasteiger partial charge in [-0.2, -0.15) is 0 Å². The molecular weight excluding hydrogens is 482 g/mol. The van der Waals surface area contributed by atoms with E-state index in [1.54, 1.807) is 18.2 Å². The van der Waals surface area contributed by atoms with E-state index < -0.39 is 5.91 Å². The summed E-state index contributed by atoms with van der Waals surface area (Å²) < 4.78 is 6.11. The molecule has 3 amide bonds. The Morgan fingerprint density at radius 3 is 2.52 bits per heavy atom. The lowest BCUT2D eigenvalue weighted by atomic mass is 10.1. The largest absolute Gasteiger partial charge is 0.495 e. The minimum atomic E-state index is -0.451. The van der Waals surface area contributed by atoms with Crippen molar-refractivity contribution in [2.75, 3.05) is 19.5 Å². The van der Waals surface area contributed by atoms with E-state index in [0.29, 0.717) is 27.0 Å². The average molecular weight is 498 g/mol. The van der Waals surface area contributed by atoms with Crippen LogP contribution in [0.3, 0.4) is 0 Å². The lowest BCUT2D eigenvalue weighted by Gasteiger charge is -2.14. The molecule has 0 aromatic heterocycles. The van der Waals surface area contributed by atoms with Crippen molar-refractivity contribution in [2.24, 2.45) is 0 Å². The van der Waals surface area contributed by atoms with Crippen LogP contribution < -0.4 is 15.4 Å². The van der Waals surface area contributed by atoms with Gasteiger partial charge >= 0.3 is 0 Å². The molecule has 0 aliphatic carbocycles. The van der Waals surface area contributed by atoms with Crippen LogP contribution in [0.1, 0.15) is 31.1 Å². The maximum Gasteiger partial charge on any atom is 0.261 e. The smallest absolute Gasteiger partial charge is 0.261 e. The van der Waals surface area contributed by atoms with Gasteiger partial charge in [0.25, 0.3) is 17.7 Å². The minimum absolute atomic E-state index is 0.0430. The number of fused-ring (bicyclic) bond motifs is 2. The van der Waals surface area contributed by atoms with Gasteiger partial charge in [-0.15, -0.1) is 0 Å². The van der Waals surface area contributed by atoms with Gasteiger partial charge < -0.3 is 10.1 Å². The van der Waals surface area contributed by atoms with Crippen molar-refractivity contribution in [2.45, 2.75) is 0 Å². The highest BCUT2D eigenvalue weighted by atomic mass is 79.9. The number of imide groups is 1. The Morgan fingerprint density at radius 2 is 1.77 bits per heavy atom. The van der Waals surface area contributed by atoms with Crippen LogP contribution in [0, 0.1) is 0 Å². The normalized spacial score (nSPS) is 12.7. The summed E-state index contributed by atoms with van der Waals surface area (Å²) in [5.74, 6) is -0.794. The zero-order chi connectivity index (χ0) is 22.3. The Bertz CT molecular complexity index is 1290. The molecule has 31 heavy (non-hydrogen) atoms. The molecule has 156 valence electrons. The fraction of sp³-hybridized carbons (Fsp3) is 0.0909. The molecule has 0 fully saturated rings. The van der Waals surface area contributed by atoms with Gasteiger partial charge in [0.1, 0.15) is 5.75 Å². The number of carbonyl (C=O) groups excluding carboxylic acids is 3. The summed E-state index contributed by atoms with van der Waals surface area (Å²) in [6.45, 7) is 0. The van der Waals surface area contributed by atoms with E-state index in [2.05, 4.69) is 26.6 Å². The number of rotatable bonds is 3. The zero-order valence-electron chi connectivity index (χ0n) is 16.5. The Kier molecular flexibility index (Phi) is 5.47. The van der Waals surface area contributed by atoms with E-state index in [0.717, 1.165) is 15.7 Å². The van der Waals surface area contributed by atoms with Crippen LogP contribution in [0.5, 0.6) is 5.75 Å². The van der Waals surface area contributed by atoms with Gasteiger partial charge in [0.15, 0.2) is 5.11 Å². The van der Waals surface area contributed by atoms with Crippen LogP contribution in [0.2, 0.25) is 0 Å². The first-order valence-corrected chi connectivity index (χ1v) is 10.4. The minimum Gasteiger partial charge on any atom is -0.495 e. The second-order valence-corrected chi connectivity index (χ2v) is 8.03. The number of hydrogen-bond acceptors (Lipinski definition) is 5. The number of amides is 3. The molecule has 0 radical (unpaired) electrons. The molecule has 0 spiro atoms. The fourth-order valence-electron chi connectivity index (χ4n) is 3.42. The Hall–Kier alpha value is -3.30. The van der Waals surface area contributed by atoms with E-state index in [1.165, 1.54) is 20.2 Å². The molecule has 1 heterocycles. The SMILES string of the molecule is COc1c(C(=O)NC(=S)Nc2ccc3c(c2)C(=O)N(C)C3=O)cc2ccccc2c1Br. The summed E-state index contributed by atoms with van der Waals surface area (Å²) >= 11 is 8.77. The number of ether oxygens (including phenoxy) is 1. The van der Waals surface area contributed by atoms with Crippen LogP contribution in [0.15, 0.2) is 53.0 Å². The molecule has 9 heteroatoms. The van der Waals surface area contributed by atoms with Crippen LogP contribution in [-0.2, 0) is 0 Å². The van der Waals surface area contributed by atoms with Gasteiger partial charge in [-0.3, -0.25) is 24.6 Å². The molecule has 2 N–H and O–H groups in total. The summed E-state index contributed by atoms with van der Waals surface area (Å²) in [5.41, 5.74) is 1.41. The van der Waals surface area contributed by atoms with Crippen molar-refractivity contribution in [3.63, 3.8) is 0 Å². The van der Waals surface area contributed by atoms with Crippen LogP contribution in [0.25, 0.3) is 10.8 Å². The predicted molar refractivity (Wildman–Crippen MR) is 125 cm³/mol.